The van der Waals surface area contributed by atoms with Crippen LogP contribution in [0.2, 0.25) is 0 Å². The van der Waals surface area contributed by atoms with E-state index in [1.165, 1.54) is 0 Å². The lowest BCUT2D eigenvalue weighted by atomic mass is 9.90. The summed E-state index contributed by atoms with van der Waals surface area (Å²) in [6.45, 7) is 9.32. The van der Waals surface area contributed by atoms with Gasteiger partial charge in [-0.25, -0.2) is 4.79 Å². The number of hydrogen-bond acceptors (Lipinski definition) is 4. The van der Waals surface area contributed by atoms with Crippen LogP contribution in [-0.4, -0.2) is 35.7 Å². The zero-order valence-electron chi connectivity index (χ0n) is 14.4. The Morgan fingerprint density at radius 1 is 1.09 bits per heavy atom. The van der Waals surface area contributed by atoms with E-state index >= 15 is 0 Å². The minimum absolute atomic E-state index is 0.0841. The van der Waals surface area contributed by atoms with Crippen molar-refractivity contribution in [2.75, 3.05) is 0 Å². The molecular formula is C16H31N3O3. The van der Waals surface area contributed by atoms with Crippen molar-refractivity contribution in [3.8, 4) is 0 Å². The zero-order valence-corrected chi connectivity index (χ0v) is 14.4. The molecule has 0 spiro atoms. The third kappa shape index (κ3) is 6.22. The number of alkyl carbamates (subject to hydrolysis) is 1. The average Bonchev–Trinajstić information content (AvgIpc) is 2.37. The number of carbonyl (C=O) groups excluding carboxylic acids is 2. The van der Waals surface area contributed by atoms with Crippen molar-refractivity contribution in [1.82, 2.24) is 10.6 Å². The molecule has 1 fully saturated rings. The van der Waals surface area contributed by atoms with Crippen LogP contribution >= 0.6 is 0 Å². The molecule has 0 aromatic carbocycles. The SMILES string of the molecule is CC(C)[C@H](N)C(=O)NC1CCCCC1NC(=O)OC(C)(C)C. The van der Waals surface area contributed by atoms with Crippen LogP contribution in [0.1, 0.15) is 60.3 Å². The lowest BCUT2D eigenvalue weighted by Gasteiger charge is -2.34. The maximum atomic E-state index is 12.1. The van der Waals surface area contributed by atoms with Gasteiger partial charge in [0, 0.05) is 6.04 Å². The summed E-state index contributed by atoms with van der Waals surface area (Å²) in [7, 11) is 0. The number of amides is 2. The van der Waals surface area contributed by atoms with E-state index in [4.69, 9.17) is 10.5 Å². The number of carbonyl (C=O) groups is 2. The molecule has 22 heavy (non-hydrogen) atoms. The number of rotatable bonds is 4. The van der Waals surface area contributed by atoms with Gasteiger partial charge < -0.3 is 21.1 Å². The fourth-order valence-electron chi connectivity index (χ4n) is 2.52. The number of nitrogens with two attached hydrogens (primary N) is 1. The molecule has 2 amide bonds. The van der Waals surface area contributed by atoms with E-state index < -0.39 is 17.7 Å². The largest absolute Gasteiger partial charge is 0.444 e. The summed E-state index contributed by atoms with van der Waals surface area (Å²) in [5.41, 5.74) is 5.35. The Bertz CT molecular complexity index is 391. The Balaban J connectivity index is 2.60. The van der Waals surface area contributed by atoms with Gasteiger partial charge >= 0.3 is 6.09 Å². The molecule has 1 aliphatic rings. The number of hydrogen-bond donors (Lipinski definition) is 3. The molecule has 0 aromatic rings. The topological polar surface area (TPSA) is 93.5 Å². The first-order chi connectivity index (χ1) is 10.1. The molecule has 128 valence electrons. The predicted octanol–water partition coefficient (Wildman–Crippen LogP) is 1.92. The van der Waals surface area contributed by atoms with Gasteiger partial charge in [0.25, 0.3) is 0 Å². The highest BCUT2D eigenvalue weighted by Gasteiger charge is 2.31. The summed E-state index contributed by atoms with van der Waals surface area (Å²) in [6, 6.07) is -0.713. The second kappa shape index (κ2) is 7.81. The van der Waals surface area contributed by atoms with Crippen molar-refractivity contribution in [3.63, 3.8) is 0 Å². The van der Waals surface area contributed by atoms with Crippen molar-refractivity contribution in [2.24, 2.45) is 11.7 Å². The first kappa shape index (κ1) is 18.7. The molecule has 0 saturated heterocycles. The van der Waals surface area contributed by atoms with Crippen LogP contribution in [-0.2, 0) is 9.53 Å². The van der Waals surface area contributed by atoms with Crippen LogP contribution in [0.15, 0.2) is 0 Å². The third-order valence-corrected chi connectivity index (χ3v) is 3.82. The van der Waals surface area contributed by atoms with Gasteiger partial charge in [-0.3, -0.25) is 4.79 Å². The van der Waals surface area contributed by atoms with Crippen LogP contribution in [0.3, 0.4) is 0 Å². The van der Waals surface area contributed by atoms with E-state index in [0.29, 0.717) is 0 Å². The molecule has 1 saturated carbocycles. The number of ether oxygens (including phenoxy) is 1. The predicted molar refractivity (Wildman–Crippen MR) is 86.4 cm³/mol. The van der Waals surface area contributed by atoms with Gasteiger partial charge in [0.2, 0.25) is 5.91 Å². The molecule has 6 nitrogen and oxygen atoms in total. The minimum atomic E-state index is -0.530. The summed E-state index contributed by atoms with van der Waals surface area (Å²) < 4.78 is 5.29. The van der Waals surface area contributed by atoms with Crippen LogP contribution < -0.4 is 16.4 Å². The average molecular weight is 313 g/mol. The van der Waals surface area contributed by atoms with Gasteiger partial charge in [-0.2, -0.15) is 0 Å². The molecule has 0 heterocycles. The van der Waals surface area contributed by atoms with Crippen molar-refractivity contribution in [3.05, 3.63) is 0 Å². The summed E-state index contributed by atoms with van der Waals surface area (Å²) in [4.78, 5) is 24.1. The standard InChI is InChI=1S/C16H31N3O3/c1-10(2)13(17)14(20)18-11-8-6-7-9-12(11)19-15(21)22-16(3,4)5/h10-13H,6-9,17H2,1-5H3,(H,18,20)(H,19,21)/t11?,12?,13-/m0/s1. The Morgan fingerprint density at radius 2 is 1.59 bits per heavy atom. The fraction of sp³-hybridized carbons (Fsp3) is 0.875. The molecule has 0 radical (unpaired) electrons. The summed E-state index contributed by atoms with van der Waals surface area (Å²) >= 11 is 0. The Hall–Kier alpha value is -1.30. The van der Waals surface area contributed by atoms with Crippen molar-refractivity contribution in [1.29, 1.82) is 0 Å². The molecule has 4 N–H and O–H groups in total. The maximum absolute atomic E-state index is 12.1. The van der Waals surface area contributed by atoms with E-state index in [-0.39, 0.29) is 23.9 Å². The maximum Gasteiger partial charge on any atom is 0.407 e. The van der Waals surface area contributed by atoms with E-state index in [9.17, 15) is 9.59 Å². The molecule has 0 bridgehead atoms. The molecule has 6 heteroatoms. The first-order valence-electron chi connectivity index (χ1n) is 8.15. The summed E-state index contributed by atoms with van der Waals surface area (Å²) in [5.74, 6) is -0.0706. The highest BCUT2D eigenvalue weighted by atomic mass is 16.6. The van der Waals surface area contributed by atoms with Crippen molar-refractivity contribution < 1.29 is 14.3 Å². The highest BCUT2D eigenvalue weighted by Crippen LogP contribution is 2.19. The molecular weight excluding hydrogens is 282 g/mol. The normalized spacial score (nSPS) is 23.8. The fourth-order valence-corrected chi connectivity index (χ4v) is 2.52. The molecule has 2 unspecified atom stereocenters. The van der Waals surface area contributed by atoms with Gasteiger partial charge in [0.1, 0.15) is 5.60 Å². The zero-order chi connectivity index (χ0) is 16.9. The van der Waals surface area contributed by atoms with Crippen molar-refractivity contribution >= 4 is 12.0 Å². The summed E-state index contributed by atoms with van der Waals surface area (Å²) in [6.07, 6.45) is 3.31. The monoisotopic (exact) mass is 313 g/mol. The van der Waals surface area contributed by atoms with Gasteiger partial charge in [-0.05, 0) is 39.5 Å². The van der Waals surface area contributed by atoms with Crippen LogP contribution in [0, 0.1) is 5.92 Å². The Morgan fingerprint density at radius 3 is 2.05 bits per heavy atom. The van der Waals surface area contributed by atoms with E-state index in [0.717, 1.165) is 25.7 Å². The van der Waals surface area contributed by atoms with Crippen molar-refractivity contribution in [2.45, 2.75) is 84.0 Å². The lowest BCUT2D eigenvalue weighted by Crippen LogP contribution is -2.57. The molecule has 1 rings (SSSR count). The Kier molecular flexibility index (Phi) is 6.66. The number of nitrogens with one attached hydrogen (secondary N) is 2. The smallest absolute Gasteiger partial charge is 0.407 e. The van der Waals surface area contributed by atoms with Gasteiger partial charge in [-0.1, -0.05) is 26.7 Å². The molecule has 0 aromatic heterocycles. The second-order valence-corrected chi connectivity index (χ2v) is 7.42. The second-order valence-electron chi connectivity index (χ2n) is 7.42. The summed E-state index contributed by atoms with van der Waals surface area (Å²) in [5, 5.41) is 5.87. The van der Waals surface area contributed by atoms with Crippen LogP contribution in [0.25, 0.3) is 0 Å². The minimum Gasteiger partial charge on any atom is -0.444 e. The van der Waals surface area contributed by atoms with E-state index in [1.807, 2.05) is 34.6 Å². The molecule has 3 atom stereocenters. The van der Waals surface area contributed by atoms with Gasteiger partial charge in [0.05, 0.1) is 12.1 Å². The highest BCUT2D eigenvalue weighted by molar-refractivity contribution is 5.82. The third-order valence-electron chi connectivity index (χ3n) is 3.82. The molecule has 0 aliphatic heterocycles. The van der Waals surface area contributed by atoms with Crippen LogP contribution in [0.5, 0.6) is 0 Å². The lowest BCUT2D eigenvalue weighted by molar-refractivity contribution is -0.124. The van der Waals surface area contributed by atoms with E-state index in [1.54, 1.807) is 0 Å². The van der Waals surface area contributed by atoms with Gasteiger partial charge in [-0.15, -0.1) is 0 Å². The molecule has 1 aliphatic carbocycles. The van der Waals surface area contributed by atoms with Crippen LogP contribution in [0.4, 0.5) is 4.79 Å². The van der Waals surface area contributed by atoms with E-state index in [2.05, 4.69) is 10.6 Å². The Labute approximate surface area is 133 Å². The first-order valence-corrected chi connectivity index (χ1v) is 8.15. The quantitative estimate of drug-likeness (QED) is 0.739. The van der Waals surface area contributed by atoms with Gasteiger partial charge in [0.15, 0.2) is 0 Å².